The molecule has 0 aliphatic heterocycles. The van der Waals surface area contributed by atoms with Crippen LogP contribution in [0.5, 0.6) is 0 Å². The molecule has 3 rings (SSSR count). The smallest absolute Gasteiger partial charge is 0.291 e. The molecule has 0 spiro atoms. The zero-order valence-corrected chi connectivity index (χ0v) is 15.4. The van der Waals surface area contributed by atoms with E-state index < -0.39 is 36.0 Å². The summed E-state index contributed by atoms with van der Waals surface area (Å²) in [7, 11) is 0. The highest BCUT2D eigenvalue weighted by atomic mass is 79.9. The number of furan rings is 1. The van der Waals surface area contributed by atoms with E-state index in [9.17, 15) is 26.7 Å². The first kappa shape index (κ1) is 20.1. The number of alkyl halides is 4. The van der Waals surface area contributed by atoms with Crippen LogP contribution in [0.3, 0.4) is 0 Å². The van der Waals surface area contributed by atoms with Crippen molar-refractivity contribution >= 4 is 27.5 Å². The number of anilines is 1. The van der Waals surface area contributed by atoms with E-state index in [0.717, 1.165) is 6.07 Å². The van der Waals surface area contributed by atoms with Gasteiger partial charge in [-0.15, -0.1) is 0 Å². The van der Waals surface area contributed by atoms with Crippen LogP contribution in [-0.4, -0.2) is 15.7 Å². The van der Waals surface area contributed by atoms with Crippen molar-refractivity contribution < 1.29 is 31.2 Å². The topological polar surface area (TPSA) is 60.1 Å². The minimum absolute atomic E-state index is 0.0345. The highest BCUT2D eigenvalue weighted by Gasteiger charge is 2.22. The number of aromatic nitrogens is 2. The van der Waals surface area contributed by atoms with Crippen molar-refractivity contribution in [1.29, 1.82) is 0 Å². The highest BCUT2D eigenvalue weighted by molar-refractivity contribution is 9.10. The maximum absolute atomic E-state index is 13.8. The Bertz CT molecular complexity index is 1000. The Morgan fingerprint density at radius 1 is 1.14 bits per heavy atom. The summed E-state index contributed by atoms with van der Waals surface area (Å²) in [6, 6.07) is 7.20. The van der Waals surface area contributed by atoms with E-state index in [1.54, 1.807) is 0 Å². The van der Waals surface area contributed by atoms with E-state index >= 15 is 0 Å². The van der Waals surface area contributed by atoms with Gasteiger partial charge in [0.25, 0.3) is 18.8 Å². The minimum Gasteiger partial charge on any atom is -0.454 e. The van der Waals surface area contributed by atoms with Crippen LogP contribution in [0.15, 0.2) is 45.3 Å². The van der Waals surface area contributed by atoms with Crippen LogP contribution in [0.25, 0.3) is 0 Å². The Morgan fingerprint density at radius 2 is 1.89 bits per heavy atom. The van der Waals surface area contributed by atoms with Gasteiger partial charge >= 0.3 is 0 Å². The van der Waals surface area contributed by atoms with E-state index in [1.165, 1.54) is 24.3 Å². The van der Waals surface area contributed by atoms with Gasteiger partial charge in [0.1, 0.15) is 23.0 Å². The van der Waals surface area contributed by atoms with Crippen molar-refractivity contribution in [3.63, 3.8) is 0 Å². The van der Waals surface area contributed by atoms with E-state index in [2.05, 4.69) is 26.3 Å². The monoisotopic (exact) mass is 463 g/mol. The van der Waals surface area contributed by atoms with Crippen LogP contribution >= 0.6 is 15.9 Å². The van der Waals surface area contributed by atoms with Gasteiger partial charge in [-0.3, -0.25) is 9.48 Å². The Hall–Kier alpha value is -2.69. The molecule has 1 aromatic carbocycles. The molecule has 0 unspecified atom stereocenters. The molecule has 0 aliphatic rings. The summed E-state index contributed by atoms with van der Waals surface area (Å²) in [4.78, 5) is 12.2. The third-order valence-electron chi connectivity index (χ3n) is 3.65. The normalized spacial score (nSPS) is 11.4. The number of amides is 1. The predicted molar refractivity (Wildman–Crippen MR) is 92.0 cm³/mol. The average molecular weight is 464 g/mol. The van der Waals surface area contributed by atoms with E-state index in [4.69, 9.17) is 4.42 Å². The first-order chi connectivity index (χ1) is 13.2. The quantitative estimate of drug-likeness (QED) is 0.487. The number of halogens is 6. The van der Waals surface area contributed by atoms with E-state index in [0.29, 0.717) is 15.2 Å². The molecule has 0 fully saturated rings. The number of hydrogen-bond donors (Lipinski definition) is 1. The lowest BCUT2D eigenvalue weighted by Gasteiger charge is -2.06. The summed E-state index contributed by atoms with van der Waals surface area (Å²) in [5, 5.41) is 5.75. The van der Waals surface area contributed by atoms with Crippen molar-refractivity contribution in [3.8, 4) is 0 Å². The van der Waals surface area contributed by atoms with Crippen molar-refractivity contribution in [2.45, 2.75) is 19.4 Å². The molecule has 1 amide bonds. The number of nitrogens with zero attached hydrogens (tertiary/aromatic N) is 2. The molecule has 28 heavy (non-hydrogen) atoms. The minimum atomic E-state index is -3.02. The molecule has 3 aromatic rings. The lowest BCUT2D eigenvalue weighted by atomic mass is 10.3. The summed E-state index contributed by atoms with van der Waals surface area (Å²) in [6.45, 7) is -0.383. The average Bonchev–Trinajstić information content (AvgIpc) is 3.25. The third-order valence-corrected chi connectivity index (χ3v) is 4.14. The molecule has 1 N–H and O–H groups in total. The fraction of sp³-hybridized carbons (Fsp3) is 0.176. The number of benzene rings is 1. The maximum atomic E-state index is 13.8. The van der Waals surface area contributed by atoms with Crippen LogP contribution in [0.4, 0.5) is 27.6 Å². The summed E-state index contributed by atoms with van der Waals surface area (Å²) in [6.07, 6.45) is -6.02. The molecule has 148 valence electrons. The highest BCUT2D eigenvalue weighted by Crippen LogP contribution is 2.26. The van der Waals surface area contributed by atoms with Gasteiger partial charge in [0.05, 0.1) is 12.2 Å². The number of nitrogens with one attached hydrogen (secondary N) is 1. The first-order valence-corrected chi connectivity index (χ1v) is 8.53. The number of rotatable bonds is 6. The lowest BCUT2D eigenvalue weighted by Crippen LogP contribution is -2.12. The number of hydrogen-bond acceptors (Lipinski definition) is 3. The summed E-state index contributed by atoms with van der Waals surface area (Å²) in [5.74, 6) is -1.62. The fourth-order valence-corrected chi connectivity index (χ4v) is 2.70. The van der Waals surface area contributed by atoms with Crippen LogP contribution in [0.1, 0.15) is 40.6 Å². The van der Waals surface area contributed by atoms with Crippen LogP contribution in [0.2, 0.25) is 0 Å². The standard InChI is InChI=1S/C17H11BrF5N3O2/c18-8-1-3-11(10(19)5-8)24-17(27)14-4-2-9(28-14)7-26-13(16(22)23)6-12(25-26)15(20)21/h1-6,15-16H,7H2,(H,24,27). The molecule has 2 heterocycles. The van der Waals surface area contributed by atoms with Gasteiger partial charge in [-0.2, -0.15) is 5.10 Å². The Balaban J connectivity index is 1.76. The van der Waals surface area contributed by atoms with Gasteiger partial charge in [-0.05, 0) is 36.4 Å². The van der Waals surface area contributed by atoms with Crippen molar-refractivity contribution in [2.24, 2.45) is 0 Å². The molecule has 0 atom stereocenters. The molecule has 0 bridgehead atoms. The van der Waals surface area contributed by atoms with Gasteiger partial charge in [0, 0.05) is 4.47 Å². The second-order valence-electron chi connectivity index (χ2n) is 5.60. The van der Waals surface area contributed by atoms with Gasteiger partial charge in [-0.25, -0.2) is 22.0 Å². The largest absolute Gasteiger partial charge is 0.454 e. The van der Waals surface area contributed by atoms with Crippen LogP contribution in [-0.2, 0) is 6.54 Å². The number of carbonyl (C=O) groups excluding carboxylic acids is 1. The van der Waals surface area contributed by atoms with Crippen molar-refractivity contribution in [3.05, 3.63) is 69.6 Å². The molecular formula is C17H11BrF5N3O2. The SMILES string of the molecule is O=C(Nc1ccc(Br)cc1F)c1ccc(Cn2nc(C(F)F)cc2C(F)F)o1. The number of carbonyl (C=O) groups is 1. The van der Waals surface area contributed by atoms with Crippen LogP contribution < -0.4 is 5.32 Å². The van der Waals surface area contributed by atoms with E-state index in [1.807, 2.05) is 0 Å². The zero-order valence-electron chi connectivity index (χ0n) is 13.8. The molecule has 0 saturated heterocycles. The summed E-state index contributed by atoms with van der Waals surface area (Å²) >= 11 is 3.09. The Morgan fingerprint density at radius 3 is 2.54 bits per heavy atom. The lowest BCUT2D eigenvalue weighted by molar-refractivity contribution is 0.0993. The van der Waals surface area contributed by atoms with Gasteiger partial charge in [-0.1, -0.05) is 15.9 Å². The van der Waals surface area contributed by atoms with Crippen molar-refractivity contribution in [1.82, 2.24) is 9.78 Å². The molecule has 11 heteroatoms. The molecule has 2 aromatic heterocycles. The molecule has 0 radical (unpaired) electrons. The van der Waals surface area contributed by atoms with Gasteiger partial charge < -0.3 is 9.73 Å². The fourth-order valence-electron chi connectivity index (χ4n) is 2.37. The Labute approximate surface area is 163 Å². The Kier molecular flexibility index (Phi) is 5.82. The zero-order chi connectivity index (χ0) is 20.4. The summed E-state index contributed by atoms with van der Waals surface area (Å²) in [5.41, 5.74) is -1.57. The predicted octanol–water partition coefficient (Wildman–Crippen LogP) is 5.55. The second kappa shape index (κ2) is 8.13. The molecule has 0 aliphatic carbocycles. The maximum Gasteiger partial charge on any atom is 0.291 e. The molecule has 0 saturated carbocycles. The van der Waals surface area contributed by atoms with Crippen molar-refractivity contribution in [2.75, 3.05) is 5.32 Å². The van der Waals surface area contributed by atoms with Gasteiger partial charge in [0.15, 0.2) is 5.76 Å². The second-order valence-corrected chi connectivity index (χ2v) is 6.51. The molecule has 5 nitrogen and oxygen atoms in total. The van der Waals surface area contributed by atoms with Crippen LogP contribution in [0, 0.1) is 5.82 Å². The summed E-state index contributed by atoms with van der Waals surface area (Å²) < 4.78 is 71.6. The van der Waals surface area contributed by atoms with E-state index in [-0.39, 0.29) is 23.8 Å². The third kappa shape index (κ3) is 4.41. The van der Waals surface area contributed by atoms with Gasteiger partial charge in [0.2, 0.25) is 0 Å². The first-order valence-electron chi connectivity index (χ1n) is 7.73. The molecular weight excluding hydrogens is 453 g/mol.